The molecule has 0 aromatic heterocycles. The van der Waals surface area contributed by atoms with E-state index in [-0.39, 0.29) is 11.7 Å². The highest BCUT2D eigenvalue weighted by molar-refractivity contribution is 6.02. The number of nitrogen functional groups attached to an aromatic ring is 1. The molecule has 0 radical (unpaired) electrons. The number of anilines is 2. The number of carbonyl (C=O) groups excluding carboxylic acids is 1. The molecule has 0 spiro atoms. The van der Waals surface area contributed by atoms with Crippen LogP contribution in [0.2, 0.25) is 0 Å². The average Bonchev–Trinajstić information content (AvgIpc) is 2.45. The molecule has 2 aromatic carbocycles. The van der Waals surface area contributed by atoms with Gasteiger partial charge in [-0.2, -0.15) is 0 Å². The van der Waals surface area contributed by atoms with Gasteiger partial charge in [0.15, 0.2) is 5.60 Å². The van der Waals surface area contributed by atoms with Gasteiger partial charge in [-0.15, -0.1) is 0 Å². The lowest BCUT2D eigenvalue weighted by atomic mass is 10.0. The Kier molecular flexibility index (Phi) is 3.28. The van der Waals surface area contributed by atoms with Crippen molar-refractivity contribution in [3.8, 4) is 5.75 Å². The van der Waals surface area contributed by atoms with Gasteiger partial charge >= 0.3 is 0 Å². The monoisotopic (exact) mass is 300 g/mol. The summed E-state index contributed by atoms with van der Waals surface area (Å²) >= 11 is 0. The molecule has 3 rings (SSSR count). The Labute approximate surface area is 128 Å². The summed E-state index contributed by atoms with van der Waals surface area (Å²) < 4.78 is 18.8. The van der Waals surface area contributed by atoms with Crippen molar-refractivity contribution in [2.75, 3.05) is 10.6 Å². The Balaban J connectivity index is 2.01. The largest absolute Gasteiger partial charge is 0.476 e. The second-order valence-electron chi connectivity index (χ2n) is 5.86. The SMILES string of the molecule is CC1(C)Oc2cc(N)ccc2N(Cc2ccc(F)cc2)C1=O. The summed E-state index contributed by atoms with van der Waals surface area (Å²) in [6.07, 6.45) is 0. The van der Waals surface area contributed by atoms with E-state index in [0.29, 0.717) is 23.7 Å². The minimum Gasteiger partial charge on any atom is -0.476 e. The van der Waals surface area contributed by atoms with Gasteiger partial charge in [0.05, 0.1) is 12.2 Å². The molecule has 0 unspecified atom stereocenters. The molecule has 1 heterocycles. The number of fused-ring (bicyclic) bond motifs is 1. The van der Waals surface area contributed by atoms with Crippen molar-refractivity contribution in [1.29, 1.82) is 0 Å². The summed E-state index contributed by atoms with van der Waals surface area (Å²) in [5.41, 5.74) is 6.91. The second-order valence-corrected chi connectivity index (χ2v) is 5.86. The maximum Gasteiger partial charge on any atom is 0.271 e. The van der Waals surface area contributed by atoms with E-state index in [2.05, 4.69) is 0 Å². The van der Waals surface area contributed by atoms with E-state index in [0.717, 1.165) is 5.56 Å². The molecular weight excluding hydrogens is 283 g/mol. The highest BCUT2D eigenvalue weighted by Crippen LogP contribution is 2.39. The third-order valence-electron chi connectivity index (χ3n) is 3.65. The zero-order valence-corrected chi connectivity index (χ0v) is 12.5. The van der Waals surface area contributed by atoms with Crippen LogP contribution in [0, 0.1) is 5.82 Å². The summed E-state index contributed by atoms with van der Waals surface area (Å²) in [5.74, 6) is 0.131. The lowest BCUT2D eigenvalue weighted by Gasteiger charge is -2.39. The number of halogens is 1. The van der Waals surface area contributed by atoms with Crippen LogP contribution in [0.5, 0.6) is 5.75 Å². The fourth-order valence-corrected chi connectivity index (χ4v) is 2.52. The van der Waals surface area contributed by atoms with E-state index in [1.165, 1.54) is 12.1 Å². The summed E-state index contributed by atoms with van der Waals surface area (Å²) in [6.45, 7) is 3.79. The van der Waals surface area contributed by atoms with Gasteiger partial charge in [-0.25, -0.2) is 4.39 Å². The topological polar surface area (TPSA) is 55.6 Å². The van der Waals surface area contributed by atoms with Gasteiger partial charge in [0.1, 0.15) is 11.6 Å². The molecule has 2 N–H and O–H groups in total. The normalized spacial score (nSPS) is 16.1. The molecular formula is C17H17FN2O2. The van der Waals surface area contributed by atoms with Crippen molar-refractivity contribution in [3.05, 3.63) is 53.8 Å². The number of rotatable bonds is 2. The fraction of sp³-hybridized carbons (Fsp3) is 0.235. The Morgan fingerprint density at radius 2 is 1.86 bits per heavy atom. The van der Waals surface area contributed by atoms with Gasteiger partial charge in [-0.1, -0.05) is 12.1 Å². The quantitative estimate of drug-likeness (QED) is 0.867. The number of nitrogens with two attached hydrogens (primary N) is 1. The van der Waals surface area contributed by atoms with Crippen LogP contribution < -0.4 is 15.4 Å². The van der Waals surface area contributed by atoms with Crippen molar-refractivity contribution in [3.63, 3.8) is 0 Å². The van der Waals surface area contributed by atoms with Gasteiger partial charge in [0, 0.05) is 11.8 Å². The number of amides is 1. The Morgan fingerprint density at radius 3 is 2.55 bits per heavy atom. The number of hydrogen-bond donors (Lipinski definition) is 1. The smallest absolute Gasteiger partial charge is 0.271 e. The predicted molar refractivity (Wildman–Crippen MR) is 83.2 cm³/mol. The van der Waals surface area contributed by atoms with Crippen LogP contribution in [-0.4, -0.2) is 11.5 Å². The average molecular weight is 300 g/mol. The number of benzene rings is 2. The standard InChI is InChI=1S/C17H17FN2O2/c1-17(2)16(21)20(10-11-3-5-12(18)6-4-11)14-8-7-13(19)9-15(14)22-17/h3-9H,10,19H2,1-2H3. The highest BCUT2D eigenvalue weighted by Gasteiger charge is 2.40. The first kappa shape index (κ1) is 14.4. The van der Waals surface area contributed by atoms with Crippen LogP contribution in [0.4, 0.5) is 15.8 Å². The minimum absolute atomic E-state index is 0.144. The van der Waals surface area contributed by atoms with Gasteiger partial charge in [-0.05, 0) is 43.7 Å². The first-order valence-corrected chi connectivity index (χ1v) is 7.02. The Morgan fingerprint density at radius 1 is 1.18 bits per heavy atom. The van der Waals surface area contributed by atoms with Crippen LogP contribution in [0.15, 0.2) is 42.5 Å². The van der Waals surface area contributed by atoms with E-state index < -0.39 is 5.60 Å². The van der Waals surface area contributed by atoms with E-state index in [1.54, 1.807) is 49.1 Å². The van der Waals surface area contributed by atoms with Crippen molar-refractivity contribution in [1.82, 2.24) is 0 Å². The van der Waals surface area contributed by atoms with E-state index in [1.807, 2.05) is 0 Å². The maximum absolute atomic E-state index is 13.0. The molecule has 0 bridgehead atoms. The summed E-state index contributed by atoms with van der Waals surface area (Å²) in [6, 6.07) is 11.3. The van der Waals surface area contributed by atoms with Crippen LogP contribution in [0.25, 0.3) is 0 Å². The van der Waals surface area contributed by atoms with Gasteiger partial charge in [-0.3, -0.25) is 4.79 Å². The van der Waals surface area contributed by atoms with Crippen molar-refractivity contribution in [2.24, 2.45) is 0 Å². The molecule has 1 amide bonds. The molecule has 0 saturated heterocycles. The predicted octanol–water partition coefficient (Wildman–Crippen LogP) is 3.11. The minimum atomic E-state index is -0.971. The highest BCUT2D eigenvalue weighted by atomic mass is 19.1. The Bertz CT molecular complexity index is 726. The lowest BCUT2D eigenvalue weighted by Crippen LogP contribution is -2.52. The second kappa shape index (κ2) is 5.02. The zero-order valence-electron chi connectivity index (χ0n) is 12.5. The number of nitrogens with zero attached hydrogens (tertiary/aromatic N) is 1. The number of ether oxygens (including phenoxy) is 1. The molecule has 0 saturated carbocycles. The van der Waals surface area contributed by atoms with E-state index in [4.69, 9.17) is 10.5 Å². The van der Waals surface area contributed by atoms with Crippen molar-refractivity contribution >= 4 is 17.3 Å². The molecule has 114 valence electrons. The number of hydrogen-bond acceptors (Lipinski definition) is 3. The molecule has 0 atom stereocenters. The zero-order chi connectivity index (χ0) is 15.9. The maximum atomic E-state index is 13.0. The van der Waals surface area contributed by atoms with E-state index >= 15 is 0 Å². The Hall–Kier alpha value is -2.56. The summed E-state index contributed by atoms with van der Waals surface area (Å²) in [4.78, 5) is 14.3. The molecule has 5 heteroatoms. The molecule has 0 fully saturated rings. The molecule has 22 heavy (non-hydrogen) atoms. The van der Waals surface area contributed by atoms with Gasteiger partial charge in [0.25, 0.3) is 5.91 Å². The van der Waals surface area contributed by atoms with Gasteiger partial charge in [0.2, 0.25) is 0 Å². The van der Waals surface area contributed by atoms with Crippen LogP contribution in [0.3, 0.4) is 0 Å². The van der Waals surface area contributed by atoms with Crippen LogP contribution in [-0.2, 0) is 11.3 Å². The van der Waals surface area contributed by atoms with Gasteiger partial charge < -0.3 is 15.4 Å². The van der Waals surface area contributed by atoms with E-state index in [9.17, 15) is 9.18 Å². The van der Waals surface area contributed by atoms with Crippen molar-refractivity contribution < 1.29 is 13.9 Å². The lowest BCUT2D eigenvalue weighted by molar-refractivity contribution is -0.132. The first-order chi connectivity index (χ1) is 10.4. The van der Waals surface area contributed by atoms with Crippen molar-refractivity contribution in [2.45, 2.75) is 26.0 Å². The fourth-order valence-electron chi connectivity index (χ4n) is 2.52. The number of carbonyl (C=O) groups is 1. The molecule has 2 aromatic rings. The summed E-state index contributed by atoms with van der Waals surface area (Å²) in [5, 5.41) is 0. The molecule has 1 aliphatic heterocycles. The first-order valence-electron chi connectivity index (χ1n) is 7.02. The van der Waals surface area contributed by atoms with Crippen LogP contribution >= 0.6 is 0 Å². The third kappa shape index (κ3) is 2.50. The van der Waals surface area contributed by atoms with Crippen LogP contribution in [0.1, 0.15) is 19.4 Å². The third-order valence-corrected chi connectivity index (χ3v) is 3.65. The molecule has 0 aliphatic carbocycles. The summed E-state index contributed by atoms with van der Waals surface area (Å²) in [7, 11) is 0. The molecule has 4 nitrogen and oxygen atoms in total. The molecule has 1 aliphatic rings.